The van der Waals surface area contributed by atoms with Gasteiger partial charge in [-0.3, -0.25) is 9.59 Å². The van der Waals surface area contributed by atoms with Gasteiger partial charge in [-0.05, 0) is 37.1 Å². The molecule has 0 N–H and O–H groups in total. The summed E-state index contributed by atoms with van der Waals surface area (Å²) < 4.78 is 43.8. The minimum absolute atomic E-state index is 0.0414. The molecule has 1 aliphatic heterocycles. The highest BCUT2D eigenvalue weighted by Gasteiger charge is 2.33. The van der Waals surface area contributed by atoms with Crippen molar-refractivity contribution in [1.29, 1.82) is 0 Å². The number of Topliss-reactive ketones (excluding diaryl/α,β-unsaturated/α-hetero) is 1. The first kappa shape index (κ1) is 19.2. The minimum Gasteiger partial charge on any atom is -0.469 e. The Kier molecular flexibility index (Phi) is 5.68. The van der Waals surface area contributed by atoms with E-state index in [0.29, 0.717) is 25.8 Å². The Morgan fingerprint density at radius 3 is 2.70 bits per heavy atom. The van der Waals surface area contributed by atoms with E-state index >= 15 is 0 Å². The van der Waals surface area contributed by atoms with Crippen molar-refractivity contribution in [2.45, 2.75) is 31.9 Å². The summed E-state index contributed by atoms with van der Waals surface area (Å²) >= 11 is 0. The smallest absolute Gasteiger partial charge is 0.416 e. The van der Waals surface area contributed by atoms with Crippen LogP contribution in [0.5, 0.6) is 0 Å². The molecule has 1 aromatic carbocycles. The zero-order valence-corrected chi connectivity index (χ0v) is 14.7. The summed E-state index contributed by atoms with van der Waals surface area (Å²) in [6.45, 7) is 0.801. The number of furan rings is 1. The maximum absolute atomic E-state index is 12.9. The highest BCUT2D eigenvalue weighted by atomic mass is 19.4. The molecule has 1 saturated heterocycles. The highest BCUT2D eigenvalue weighted by molar-refractivity contribution is 5.98. The quantitative estimate of drug-likeness (QED) is 0.726. The van der Waals surface area contributed by atoms with Crippen LogP contribution in [0, 0.1) is 5.92 Å². The van der Waals surface area contributed by atoms with Crippen molar-refractivity contribution in [1.82, 2.24) is 4.90 Å². The largest absolute Gasteiger partial charge is 0.469 e. The van der Waals surface area contributed by atoms with Gasteiger partial charge in [-0.2, -0.15) is 13.2 Å². The molecule has 1 aliphatic rings. The Hall–Kier alpha value is -2.57. The third-order valence-electron chi connectivity index (χ3n) is 4.78. The van der Waals surface area contributed by atoms with Crippen molar-refractivity contribution in [2.75, 3.05) is 13.1 Å². The first-order valence-corrected chi connectivity index (χ1v) is 8.86. The molecule has 27 heavy (non-hydrogen) atoms. The van der Waals surface area contributed by atoms with Crippen molar-refractivity contribution in [2.24, 2.45) is 5.92 Å². The van der Waals surface area contributed by atoms with Gasteiger partial charge in [0, 0.05) is 37.4 Å². The van der Waals surface area contributed by atoms with Crippen LogP contribution >= 0.6 is 0 Å². The SMILES string of the molecule is O=C(c1cccc(C(F)(F)F)c1)[C@@H]1CCCN(C(=O)CCc2ccco2)C1. The van der Waals surface area contributed by atoms with Gasteiger partial charge in [0.1, 0.15) is 5.76 Å². The number of benzene rings is 1. The summed E-state index contributed by atoms with van der Waals surface area (Å²) in [5.41, 5.74) is -0.796. The number of ketones is 1. The molecular formula is C20H20F3NO3. The maximum Gasteiger partial charge on any atom is 0.416 e. The van der Waals surface area contributed by atoms with Crippen LogP contribution in [-0.2, 0) is 17.4 Å². The van der Waals surface area contributed by atoms with E-state index in [-0.39, 0.29) is 30.2 Å². The molecule has 1 atom stereocenters. The number of aryl methyl sites for hydroxylation is 1. The van der Waals surface area contributed by atoms with E-state index in [4.69, 9.17) is 4.42 Å². The molecule has 2 aromatic rings. The predicted molar refractivity (Wildman–Crippen MR) is 92.1 cm³/mol. The van der Waals surface area contributed by atoms with E-state index in [1.807, 2.05) is 0 Å². The third kappa shape index (κ3) is 4.78. The van der Waals surface area contributed by atoms with Gasteiger partial charge in [-0.25, -0.2) is 0 Å². The summed E-state index contributed by atoms with van der Waals surface area (Å²) in [4.78, 5) is 26.7. The van der Waals surface area contributed by atoms with Gasteiger partial charge in [-0.15, -0.1) is 0 Å². The number of nitrogens with zero attached hydrogens (tertiary/aromatic N) is 1. The molecule has 7 heteroatoms. The number of rotatable bonds is 5. The molecule has 0 bridgehead atoms. The molecule has 3 rings (SSSR count). The van der Waals surface area contributed by atoms with E-state index in [2.05, 4.69) is 0 Å². The average Bonchev–Trinajstić information content (AvgIpc) is 3.18. The third-order valence-corrected chi connectivity index (χ3v) is 4.78. The van der Waals surface area contributed by atoms with Gasteiger partial charge in [0.15, 0.2) is 5.78 Å². The first-order chi connectivity index (χ1) is 12.8. The van der Waals surface area contributed by atoms with Gasteiger partial charge in [0.2, 0.25) is 5.91 Å². The number of hydrogen-bond acceptors (Lipinski definition) is 3. The van der Waals surface area contributed by atoms with Crippen LogP contribution in [0.25, 0.3) is 0 Å². The molecule has 4 nitrogen and oxygen atoms in total. The monoisotopic (exact) mass is 379 g/mol. The zero-order chi connectivity index (χ0) is 19.4. The normalized spacial score (nSPS) is 17.7. The predicted octanol–water partition coefficient (Wildman–Crippen LogP) is 4.35. The molecule has 2 heterocycles. The van der Waals surface area contributed by atoms with Crippen LogP contribution in [0.3, 0.4) is 0 Å². The maximum atomic E-state index is 12.9. The zero-order valence-electron chi connectivity index (χ0n) is 14.7. The lowest BCUT2D eigenvalue weighted by atomic mass is 9.89. The Labute approximate surface area is 155 Å². The van der Waals surface area contributed by atoms with Gasteiger partial charge >= 0.3 is 6.18 Å². The second-order valence-electron chi connectivity index (χ2n) is 6.70. The second-order valence-corrected chi connectivity index (χ2v) is 6.70. The average molecular weight is 379 g/mol. The lowest BCUT2D eigenvalue weighted by Gasteiger charge is -2.32. The standard InChI is InChI=1S/C20H20F3NO3/c21-20(22,23)16-6-1-4-14(12-16)19(26)15-5-2-10-24(13-15)18(25)9-8-17-7-3-11-27-17/h1,3-4,6-7,11-12,15H,2,5,8-10,13H2/t15-/m1/s1. The second kappa shape index (κ2) is 7.98. The van der Waals surface area contributed by atoms with Gasteiger partial charge in [0.25, 0.3) is 0 Å². The van der Waals surface area contributed by atoms with Crippen molar-refractivity contribution < 1.29 is 27.2 Å². The minimum atomic E-state index is -4.49. The van der Waals surface area contributed by atoms with Crippen molar-refractivity contribution in [3.05, 3.63) is 59.5 Å². The molecule has 1 amide bonds. The van der Waals surface area contributed by atoms with E-state index in [1.54, 1.807) is 23.3 Å². The van der Waals surface area contributed by atoms with Gasteiger partial charge in [-0.1, -0.05) is 12.1 Å². The molecule has 0 unspecified atom stereocenters. The number of carbonyl (C=O) groups excluding carboxylic acids is 2. The van der Waals surface area contributed by atoms with Crippen LogP contribution in [-0.4, -0.2) is 29.7 Å². The number of carbonyl (C=O) groups is 2. The molecule has 1 aromatic heterocycles. The molecular weight excluding hydrogens is 359 g/mol. The van der Waals surface area contributed by atoms with Crippen molar-refractivity contribution in [3.63, 3.8) is 0 Å². The van der Waals surface area contributed by atoms with Crippen LogP contribution in [0.4, 0.5) is 13.2 Å². The summed E-state index contributed by atoms with van der Waals surface area (Å²) in [7, 11) is 0. The number of piperidine rings is 1. The molecule has 144 valence electrons. The Morgan fingerprint density at radius 2 is 2.00 bits per heavy atom. The Bertz CT molecular complexity index is 799. The van der Waals surface area contributed by atoms with E-state index in [1.165, 1.54) is 12.1 Å². The molecule has 1 fully saturated rings. The van der Waals surface area contributed by atoms with E-state index in [0.717, 1.165) is 17.9 Å². The highest BCUT2D eigenvalue weighted by Crippen LogP contribution is 2.30. The number of hydrogen-bond donors (Lipinski definition) is 0. The van der Waals surface area contributed by atoms with Gasteiger partial charge < -0.3 is 9.32 Å². The fourth-order valence-corrected chi connectivity index (χ4v) is 3.35. The summed E-state index contributed by atoms with van der Waals surface area (Å²) in [6, 6.07) is 8.02. The lowest BCUT2D eigenvalue weighted by molar-refractivity contribution is -0.137. The van der Waals surface area contributed by atoms with Crippen LogP contribution < -0.4 is 0 Å². The van der Waals surface area contributed by atoms with Crippen LogP contribution in [0.1, 0.15) is 40.9 Å². The number of likely N-dealkylation sites (tertiary alicyclic amines) is 1. The molecule has 0 spiro atoms. The molecule has 0 saturated carbocycles. The van der Waals surface area contributed by atoms with Crippen molar-refractivity contribution >= 4 is 11.7 Å². The van der Waals surface area contributed by atoms with E-state index < -0.39 is 17.7 Å². The summed E-state index contributed by atoms with van der Waals surface area (Å²) in [5.74, 6) is -0.177. The molecule has 0 radical (unpaired) electrons. The van der Waals surface area contributed by atoms with Gasteiger partial charge in [0.05, 0.1) is 11.8 Å². The van der Waals surface area contributed by atoms with Crippen LogP contribution in [0.2, 0.25) is 0 Å². The Balaban J connectivity index is 1.63. The number of halogens is 3. The molecule has 0 aliphatic carbocycles. The fourth-order valence-electron chi connectivity index (χ4n) is 3.35. The summed E-state index contributed by atoms with van der Waals surface area (Å²) in [5, 5.41) is 0. The van der Waals surface area contributed by atoms with Crippen molar-refractivity contribution in [3.8, 4) is 0 Å². The number of alkyl halides is 3. The topological polar surface area (TPSA) is 50.5 Å². The van der Waals surface area contributed by atoms with E-state index in [9.17, 15) is 22.8 Å². The Morgan fingerprint density at radius 1 is 1.19 bits per heavy atom. The number of amides is 1. The first-order valence-electron chi connectivity index (χ1n) is 8.86. The summed E-state index contributed by atoms with van der Waals surface area (Å²) in [6.07, 6.45) is -0.966. The van der Waals surface area contributed by atoms with Crippen LogP contribution in [0.15, 0.2) is 47.1 Å². The fraction of sp³-hybridized carbons (Fsp3) is 0.400. The lowest BCUT2D eigenvalue weighted by Crippen LogP contribution is -2.42.